The van der Waals surface area contributed by atoms with E-state index in [-0.39, 0.29) is 48.6 Å². The molecule has 6 aromatic rings. The number of carbonyl (C=O) groups excluding carboxylic acids is 5. The molecule has 0 aliphatic carbocycles. The topological polar surface area (TPSA) is 216 Å². The number of azo groups is 1. The van der Waals surface area contributed by atoms with Crippen molar-refractivity contribution in [3.8, 4) is 5.75 Å². The van der Waals surface area contributed by atoms with Crippen LogP contribution in [0.5, 0.6) is 5.75 Å². The third kappa shape index (κ3) is 12.7. The summed E-state index contributed by atoms with van der Waals surface area (Å²) < 4.78 is 6.10. The fourth-order valence-corrected chi connectivity index (χ4v) is 10.8. The number of imide groups is 1. The van der Waals surface area contributed by atoms with Crippen molar-refractivity contribution in [2.75, 3.05) is 53.6 Å². The molecule has 3 aliphatic rings. The lowest BCUT2D eigenvalue weighted by molar-refractivity contribution is -0.136. The third-order valence-electron chi connectivity index (χ3n) is 13.7. The number of benzene rings is 4. The molecule has 4 N–H and O–H groups in total. The van der Waals surface area contributed by atoms with Crippen LogP contribution in [0.1, 0.15) is 100 Å². The minimum absolute atomic E-state index is 0.0140. The number of aromatic nitrogens is 3. The van der Waals surface area contributed by atoms with Gasteiger partial charge in [0.15, 0.2) is 5.13 Å². The number of ether oxygens (including phenoxy) is 1. The zero-order chi connectivity index (χ0) is 52.8. The van der Waals surface area contributed by atoms with Crippen LogP contribution in [0.25, 0.3) is 0 Å². The van der Waals surface area contributed by atoms with Gasteiger partial charge in [0.1, 0.15) is 34.1 Å². The first-order valence-corrected chi connectivity index (χ1v) is 26.2. The Labute approximate surface area is 444 Å². The highest BCUT2D eigenvalue weighted by atomic mass is 35.5. The van der Waals surface area contributed by atoms with Crippen LogP contribution in [0.15, 0.2) is 107 Å². The lowest BCUT2D eigenvalue weighted by Gasteiger charge is -2.45. The highest BCUT2D eigenvalue weighted by Crippen LogP contribution is 2.34. The van der Waals surface area contributed by atoms with E-state index < -0.39 is 11.9 Å². The van der Waals surface area contributed by atoms with Gasteiger partial charge in [0.25, 0.3) is 17.7 Å². The number of aryl methyl sites for hydroxylation is 2. The molecule has 5 heterocycles. The fraction of sp³-hybridized carbons (Fsp3) is 0.345. The molecule has 0 bridgehead atoms. The molecule has 75 heavy (non-hydrogen) atoms. The van der Waals surface area contributed by atoms with Crippen molar-refractivity contribution in [3.63, 3.8) is 0 Å². The molecule has 4 aromatic carbocycles. The Morgan fingerprint density at radius 1 is 0.907 bits per heavy atom. The minimum Gasteiger partial charge on any atom is -0.494 e. The number of halogens is 1. The van der Waals surface area contributed by atoms with Crippen molar-refractivity contribution >= 4 is 92.0 Å². The van der Waals surface area contributed by atoms with Crippen molar-refractivity contribution in [1.29, 1.82) is 0 Å². The molecular weight excluding hydrogens is 992 g/mol. The number of thiazole rings is 1. The second-order valence-electron chi connectivity index (χ2n) is 19.7. The van der Waals surface area contributed by atoms with Crippen LogP contribution < -0.4 is 30.9 Å². The summed E-state index contributed by atoms with van der Waals surface area (Å²) in [6, 6.07) is 26.0. The largest absolute Gasteiger partial charge is 0.494 e. The van der Waals surface area contributed by atoms with Crippen molar-refractivity contribution < 1.29 is 28.7 Å². The summed E-state index contributed by atoms with van der Waals surface area (Å²) in [5.41, 5.74) is 4.61. The van der Waals surface area contributed by atoms with Crippen LogP contribution in [0, 0.1) is 19.8 Å². The molecule has 5 amide bonds. The van der Waals surface area contributed by atoms with Gasteiger partial charge in [-0.05, 0) is 132 Å². The van der Waals surface area contributed by atoms with E-state index in [1.807, 2.05) is 56.3 Å². The number of piperidine rings is 1. The SMILES string of the molecule is Cc1nc(Nc2ncc(C(=O)Nc3c(C)cccc3Cl)s2)cc(N2CCN(C(C)(C)CC(C)CCCOc3ccc(N=Nc4ccc(C(=O)Nc5cccc6c5CN(C5CCC(=O)NC5=O)C6=O)cc4)cc3)CC2)n1. The van der Waals surface area contributed by atoms with Gasteiger partial charge >= 0.3 is 0 Å². The molecule has 20 heteroatoms. The van der Waals surface area contributed by atoms with E-state index in [1.54, 1.807) is 54.7 Å². The van der Waals surface area contributed by atoms with Crippen LogP contribution in [-0.2, 0) is 16.1 Å². The van der Waals surface area contributed by atoms with Gasteiger partial charge in [-0.15, -0.1) is 0 Å². The average Bonchev–Trinajstić information content (AvgIpc) is 4.02. The monoisotopic (exact) mass is 1050 g/mol. The van der Waals surface area contributed by atoms with Crippen LogP contribution in [0.2, 0.25) is 5.02 Å². The number of nitrogens with one attached hydrogen (secondary N) is 4. The zero-order valence-electron chi connectivity index (χ0n) is 42.5. The number of fused-ring (bicyclic) bond motifs is 1. The molecule has 18 nitrogen and oxygen atoms in total. The van der Waals surface area contributed by atoms with Gasteiger partial charge in [-0.3, -0.25) is 34.2 Å². The molecule has 0 spiro atoms. The Morgan fingerprint density at radius 2 is 1.63 bits per heavy atom. The first-order chi connectivity index (χ1) is 36.1. The van der Waals surface area contributed by atoms with Gasteiger partial charge in [-0.1, -0.05) is 48.1 Å². The Bertz CT molecular complexity index is 3120. The zero-order valence-corrected chi connectivity index (χ0v) is 44.1. The van der Waals surface area contributed by atoms with Crippen molar-refractivity contribution in [1.82, 2.24) is 30.1 Å². The van der Waals surface area contributed by atoms with Crippen molar-refractivity contribution in [2.45, 2.75) is 84.8 Å². The fourth-order valence-electron chi connectivity index (χ4n) is 9.84. The van der Waals surface area contributed by atoms with E-state index in [4.69, 9.17) is 21.3 Å². The number of piperazine rings is 1. The van der Waals surface area contributed by atoms with Crippen molar-refractivity contribution in [2.24, 2.45) is 16.1 Å². The molecule has 2 aromatic heterocycles. The number of amides is 5. The van der Waals surface area contributed by atoms with E-state index in [0.29, 0.717) is 78.6 Å². The molecule has 2 unspecified atom stereocenters. The number of hydrogen-bond acceptors (Lipinski definition) is 15. The van der Waals surface area contributed by atoms with E-state index in [1.165, 1.54) is 16.2 Å². The molecule has 3 aliphatic heterocycles. The number of nitrogens with zero attached hydrogens (tertiary/aromatic N) is 8. The molecule has 388 valence electrons. The summed E-state index contributed by atoms with van der Waals surface area (Å²) in [5, 5.41) is 21.2. The van der Waals surface area contributed by atoms with Crippen LogP contribution >= 0.6 is 22.9 Å². The van der Waals surface area contributed by atoms with E-state index in [0.717, 1.165) is 62.6 Å². The Morgan fingerprint density at radius 3 is 2.35 bits per heavy atom. The Kier molecular flexibility index (Phi) is 15.9. The molecule has 0 radical (unpaired) electrons. The quantitative estimate of drug-likeness (QED) is 0.0359. The van der Waals surface area contributed by atoms with Crippen LogP contribution in [-0.4, -0.2) is 98.7 Å². The normalized spacial score (nSPS) is 16.5. The molecule has 2 saturated heterocycles. The molecule has 2 atom stereocenters. The van der Waals surface area contributed by atoms with E-state index >= 15 is 0 Å². The molecule has 9 rings (SSSR count). The maximum atomic E-state index is 13.3. The van der Waals surface area contributed by atoms with E-state index in [9.17, 15) is 24.0 Å². The van der Waals surface area contributed by atoms with Gasteiger partial charge in [0.05, 0.1) is 34.9 Å². The molecule has 0 saturated carbocycles. The smallest absolute Gasteiger partial charge is 0.267 e. The van der Waals surface area contributed by atoms with E-state index in [2.05, 4.69) is 72.0 Å². The molecule has 2 fully saturated rings. The molecular formula is C55H59ClN12O6S. The number of hydrogen-bond donors (Lipinski definition) is 4. The van der Waals surface area contributed by atoms with Gasteiger partial charge in [0.2, 0.25) is 11.8 Å². The Hall–Kier alpha value is -7.61. The lowest BCUT2D eigenvalue weighted by atomic mass is 9.87. The second kappa shape index (κ2) is 22.9. The van der Waals surface area contributed by atoms with Crippen LogP contribution in [0.3, 0.4) is 0 Å². The third-order valence-corrected chi connectivity index (χ3v) is 15.0. The van der Waals surface area contributed by atoms with Crippen LogP contribution in [0.4, 0.5) is 39.5 Å². The lowest BCUT2D eigenvalue weighted by Crippen LogP contribution is -2.55. The highest BCUT2D eigenvalue weighted by molar-refractivity contribution is 7.17. The summed E-state index contributed by atoms with van der Waals surface area (Å²) in [4.78, 5) is 84.2. The first-order valence-electron chi connectivity index (χ1n) is 25.0. The summed E-state index contributed by atoms with van der Waals surface area (Å²) >= 11 is 7.57. The summed E-state index contributed by atoms with van der Waals surface area (Å²) in [6.45, 7) is 15.0. The standard InChI is InChI=1S/C55H59ClN12O6S/c1-33(30-55(4,5)67-26-24-66(25-27-67)47-29-46(58-35(3)59-47)61-54-57-31-45(75-54)52(72)63-49-34(2)10-6-12-42(49)56)9-8-28-74-39-20-18-38(19-21-39)65-64-37-16-14-36(15-17-37)50(70)60-43-13-7-11-40-41(43)32-68(53(40)73)44-22-23-48(69)62-51(44)71/h6-7,10-21,29,31,33,44H,8-9,22-28,30,32H2,1-5H3,(H,60,70)(H,63,72)(H,62,69,71)(H,57,58,59,61). The minimum atomic E-state index is -0.747. The van der Waals surface area contributed by atoms with Gasteiger partial charge < -0.3 is 30.5 Å². The predicted octanol–water partition coefficient (Wildman–Crippen LogP) is 10.4. The van der Waals surface area contributed by atoms with Crippen molar-refractivity contribution in [3.05, 3.63) is 135 Å². The van der Waals surface area contributed by atoms with Gasteiger partial charge in [-0.2, -0.15) is 10.2 Å². The van der Waals surface area contributed by atoms with Gasteiger partial charge in [-0.25, -0.2) is 15.0 Å². The summed E-state index contributed by atoms with van der Waals surface area (Å²) in [5.74, 6) is 1.58. The predicted molar refractivity (Wildman–Crippen MR) is 290 cm³/mol. The Balaban J connectivity index is 0.681. The maximum absolute atomic E-state index is 13.3. The van der Waals surface area contributed by atoms with Gasteiger partial charge in [0, 0.05) is 73.1 Å². The highest BCUT2D eigenvalue weighted by Gasteiger charge is 2.40. The average molecular weight is 1050 g/mol. The number of carbonyl (C=O) groups is 5. The number of para-hydroxylation sites is 1. The number of rotatable bonds is 18. The maximum Gasteiger partial charge on any atom is 0.267 e. The number of anilines is 5. The first kappa shape index (κ1) is 52.3. The summed E-state index contributed by atoms with van der Waals surface area (Å²) in [6.07, 6.45) is 4.99. The second-order valence-corrected chi connectivity index (χ2v) is 21.2. The summed E-state index contributed by atoms with van der Waals surface area (Å²) in [7, 11) is 0.